The van der Waals surface area contributed by atoms with Crippen LogP contribution in [0.1, 0.15) is 36.7 Å². The lowest BCUT2D eigenvalue weighted by molar-refractivity contribution is -0.127. The molecule has 0 radical (unpaired) electrons. The second-order valence-electron chi connectivity index (χ2n) is 8.78. The van der Waals surface area contributed by atoms with Crippen molar-refractivity contribution in [3.05, 3.63) is 83.9 Å². The molecule has 7 heteroatoms. The van der Waals surface area contributed by atoms with E-state index in [9.17, 15) is 9.59 Å². The predicted octanol–water partition coefficient (Wildman–Crippen LogP) is 4.82. The highest BCUT2D eigenvalue weighted by Gasteiger charge is 2.24. The topological polar surface area (TPSA) is 85.9 Å². The fourth-order valence-electron chi connectivity index (χ4n) is 3.50. The number of methoxy groups -OCH3 is 2. The Morgan fingerprint density at radius 1 is 0.886 bits per heavy atom. The SMILES string of the molecule is COc1ccc(C(=O)Nc2ccc(C(C)(C)CNC(=O)C(C)Oc3ccccc3)cc2)cc1OC. The van der Waals surface area contributed by atoms with E-state index in [0.29, 0.717) is 35.0 Å². The maximum absolute atomic E-state index is 12.7. The van der Waals surface area contributed by atoms with Gasteiger partial charge in [-0.05, 0) is 55.0 Å². The predicted molar refractivity (Wildman–Crippen MR) is 137 cm³/mol. The maximum atomic E-state index is 12.7. The first kappa shape index (κ1) is 25.6. The van der Waals surface area contributed by atoms with Gasteiger partial charge in [-0.15, -0.1) is 0 Å². The minimum Gasteiger partial charge on any atom is -0.493 e. The summed E-state index contributed by atoms with van der Waals surface area (Å²) in [6.45, 7) is 6.26. The van der Waals surface area contributed by atoms with Crippen molar-refractivity contribution in [2.24, 2.45) is 0 Å². The van der Waals surface area contributed by atoms with Gasteiger partial charge in [0, 0.05) is 23.2 Å². The average molecular weight is 477 g/mol. The molecule has 0 aliphatic heterocycles. The minimum atomic E-state index is -0.609. The molecule has 0 saturated carbocycles. The molecule has 2 N–H and O–H groups in total. The van der Waals surface area contributed by atoms with Gasteiger partial charge in [0.25, 0.3) is 11.8 Å². The number of carbonyl (C=O) groups excluding carboxylic acids is 2. The van der Waals surface area contributed by atoms with Crippen LogP contribution in [0.15, 0.2) is 72.8 Å². The Balaban J connectivity index is 1.58. The van der Waals surface area contributed by atoms with Crippen LogP contribution in [0.4, 0.5) is 5.69 Å². The first-order chi connectivity index (χ1) is 16.7. The van der Waals surface area contributed by atoms with E-state index in [2.05, 4.69) is 10.6 Å². The summed E-state index contributed by atoms with van der Waals surface area (Å²) in [6.07, 6.45) is -0.609. The Morgan fingerprint density at radius 3 is 2.17 bits per heavy atom. The van der Waals surface area contributed by atoms with Gasteiger partial charge < -0.3 is 24.8 Å². The molecule has 0 spiro atoms. The number of carbonyl (C=O) groups is 2. The summed E-state index contributed by atoms with van der Waals surface area (Å²) >= 11 is 0. The molecular formula is C28H32N2O5. The van der Waals surface area contributed by atoms with Gasteiger partial charge in [-0.2, -0.15) is 0 Å². The monoisotopic (exact) mass is 476 g/mol. The molecule has 0 aromatic heterocycles. The Bertz CT molecular complexity index is 1140. The number of amides is 2. The minimum absolute atomic E-state index is 0.180. The van der Waals surface area contributed by atoms with E-state index in [-0.39, 0.29) is 17.2 Å². The van der Waals surface area contributed by atoms with Crippen molar-refractivity contribution in [2.75, 3.05) is 26.1 Å². The summed E-state index contributed by atoms with van der Waals surface area (Å²) < 4.78 is 16.2. The lowest BCUT2D eigenvalue weighted by Crippen LogP contribution is -2.42. The van der Waals surface area contributed by atoms with Crippen molar-refractivity contribution < 1.29 is 23.8 Å². The molecule has 184 valence electrons. The van der Waals surface area contributed by atoms with Gasteiger partial charge in [-0.25, -0.2) is 0 Å². The van der Waals surface area contributed by atoms with Crippen LogP contribution in [-0.2, 0) is 10.2 Å². The number of benzene rings is 3. The smallest absolute Gasteiger partial charge is 0.260 e. The van der Waals surface area contributed by atoms with Crippen LogP contribution in [0, 0.1) is 0 Å². The average Bonchev–Trinajstić information content (AvgIpc) is 2.87. The molecule has 0 saturated heterocycles. The normalized spacial score (nSPS) is 11.8. The standard InChI is InChI=1S/C28H32N2O5/c1-19(35-23-9-7-6-8-10-23)26(31)29-18-28(2,3)21-12-14-22(15-13-21)30-27(32)20-11-16-24(33-4)25(17-20)34-5/h6-17,19H,18H2,1-5H3,(H,29,31)(H,30,32). The summed E-state index contributed by atoms with van der Waals surface area (Å²) in [5, 5.41) is 5.87. The summed E-state index contributed by atoms with van der Waals surface area (Å²) in [6, 6.07) is 21.9. The molecule has 0 heterocycles. The van der Waals surface area contributed by atoms with Crippen molar-refractivity contribution >= 4 is 17.5 Å². The fraction of sp³-hybridized carbons (Fsp3) is 0.286. The lowest BCUT2D eigenvalue weighted by Gasteiger charge is -2.27. The third-order valence-corrected chi connectivity index (χ3v) is 5.70. The largest absolute Gasteiger partial charge is 0.493 e. The Hall–Kier alpha value is -4.00. The van der Waals surface area contributed by atoms with E-state index < -0.39 is 6.10 Å². The molecule has 3 aromatic carbocycles. The van der Waals surface area contributed by atoms with Crippen LogP contribution in [0.2, 0.25) is 0 Å². The molecule has 1 atom stereocenters. The van der Waals surface area contributed by atoms with Gasteiger partial charge in [0.1, 0.15) is 5.75 Å². The van der Waals surface area contributed by atoms with E-state index >= 15 is 0 Å². The molecular weight excluding hydrogens is 444 g/mol. The number of anilines is 1. The van der Waals surface area contributed by atoms with Crippen LogP contribution >= 0.6 is 0 Å². The highest BCUT2D eigenvalue weighted by Crippen LogP contribution is 2.28. The van der Waals surface area contributed by atoms with Gasteiger partial charge in [-0.1, -0.05) is 44.2 Å². The molecule has 0 bridgehead atoms. The number of hydrogen-bond donors (Lipinski definition) is 2. The van der Waals surface area contributed by atoms with Gasteiger partial charge in [0.15, 0.2) is 17.6 Å². The highest BCUT2D eigenvalue weighted by atomic mass is 16.5. The molecule has 0 fully saturated rings. The molecule has 2 amide bonds. The number of ether oxygens (including phenoxy) is 3. The van der Waals surface area contributed by atoms with E-state index in [1.807, 2.05) is 68.4 Å². The lowest BCUT2D eigenvalue weighted by atomic mass is 9.84. The number of hydrogen-bond acceptors (Lipinski definition) is 5. The van der Waals surface area contributed by atoms with Crippen molar-refractivity contribution in [1.29, 1.82) is 0 Å². The number of para-hydroxylation sites is 1. The van der Waals surface area contributed by atoms with Crippen molar-refractivity contribution in [3.8, 4) is 17.2 Å². The van der Waals surface area contributed by atoms with Gasteiger partial charge in [0.2, 0.25) is 0 Å². The van der Waals surface area contributed by atoms with E-state index in [0.717, 1.165) is 5.56 Å². The van der Waals surface area contributed by atoms with Crippen LogP contribution in [0.25, 0.3) is 0 Å². The van der Waals surface area contributed by atoms with E-state index in [1.54, 1.807) is 32.2 Å². The van der Waals surface area contributed by atoms with E-state index in [4.69, 9.17) is 14.2 Å². The van der Waals surface area contributed by atoms with Crippen LogP contribution in [0.5, 0.6) is 17.2 Å². The first-order valence-electron chi connectivity index (χ1n) is 11.4. The molecule has 1 unspecified atom stereocenters. The first-order valence-corrected chi connectivity index (χ1v) is 11.4. The summed E-state index contributed by atoms with van der Waals surface area (Å²) in [5.41, 5.74) is 1.83. The molecule has 35 heavy (non-hydrogen) atoms. The summed E-state index contributed by atoms with van der Waals surface area (Å²) in [7, 11) is 3.07. The maximum Gasteiger partial charge on any atom is 0.260 e. The fourth-order valence-corrected chi connectivity index (χ4v) is 3.50. The van der Waals surface area contributed by atoms with Gasteiger partial charge in [0.05, 0.1) is 14.2 Å². The Labute approximate surface area is 206 Å². The zero-order chi connectivity index (χ0) is 25.4. The second kappa shape index (κ2) is 11.4. The third-order valence-electron chi connectivity index (χ3n) is 5.70. The molecule has 3 aromatic rings. The summed E-state index contributed by atoms with van der Waals surface area (Å²) in [5.74, 6) is 1.27. The number of nitrogens with one attached hydrogen (secondary N) is 2. The van der Waals surface area contributed by atoms with Crippen molar-refractivity contribution in [3.63, 3.8) is 0 Å². The van der Waals surface area contributed by atoms with E-state index in [1.165, 1.54) is 7.11 Å². The van der Waals surface area contributed by atoms with Crippen LogP contribution in [0.3, 0.4) is 0 Å². The van der Waals surface area contributed by atoms with Crippen LogP contribution < -0.4 is 24.8 Å². The molecule has 7 nitrogen and oxygen atoms in total. The quantitative estimate of drug-likeness (QED) is 0.438. The third kappa shape index (κ3) is 6.76. The molecule has 0 aliphatic carbocycles. The van der Waals surface area contributed by atoms with Crippen molar-refractivity contribution in [2.45, 2.75) is 32.3 Å². The zero-order valence-electron chi connectivity index (χ0n) is 20.8. The van der Waals surface area contributed by atoms with Gasteiger partial charge >= 0.3 is 0 Å². The second-order valence-corrected chi connectivity index (χ2v) is 8.78. The zero-order valence-corrected chi connectivity index (χ0v) is 20.8. The van der Waals surface area contributed by atoms with Crippen molar-refractivity contribution in [1.82, 2.24) is 5.32 Å². The summed E-state index contributed by atoms with van der Waals surface area (Å²) in [4.78, 5) is 25.2. The van der Waals surface area contributed by atoms with Crippen LogP contribution in [-0.4, -0.2) is 38.7 Å². The Morgan fingerprint density at radius 2 is 1.54 bits per heavy atom. The molecule has 3 rings (SSSR count). The number of rotatable bonds is 10. The van der Waals surface area contributed by atoms with Gasteiger partial charge in [-0.3, -0.25) is 9.59 Å². The highest BCUT2D eigenvalue weighted by molar-refractivity contribution is 6.04. The molecule has 0 aliphatic rings. The Kier molecular flexibility index (Phi) is 8.36.